The van der Waals surface area contributed by atoms with Gasteiger partial charge in [0.25, 0.3) is 0 Å². The molecule has 13 N–H and O–H groups in total. The number of nitrogens with one attached hydrogen (secondary N) is 1. The molecule has 12 nitrogen and oxygen atoms in total. The number of hydrogen-bond donors (Lipinski definition) is 10. The Morgan fingerprint density at radius 1 is 1.06 bits per heavy atom. The molecule has 12 heteroatoms. The molecule has 15 atom stereocenters. The zero-order valence-electron chi connectivity index (χ0n) is 20.1. The van der Waals surface area contributed by atoms with Crippen molar-refractivity contribution in [3.63, 3.8) is 0 Å². The van der Waals surface area contributed by atoms with Crippen LogP contribution in [0.2, 0.25) is 0 Å². The van der Waals surface area contributed by atoms with Gasteiger partial charge in [-0.2, -0.15) is 0 Å². The van der Waals surface area contributed by atoms with E-state index in [0.29, 0.717) is 19.3 Å². The molecule has 0 radical (unpaired) electrons. The maximum Gasteiger partial charge on any atom is 0.112 e. The highest BCUT2D eigenvalue weighted by Crippen LogP contribution is 2.36. The molecule has 200 valence electrons. The fourth-order valence-corrected chi connectivity index (χ4v) is 5.94. The number of aliphatic hydroxyl groups excluding tert-OH is 5. The predicted molar refractivity (Wildman–Crippen MR) is 122 cm³/mol. The molecule has 0 unspecified atom stereocenters. The number of aliphatic hydroxyl groups is 6. The Balaban J connectivity index is 1.73. The second kappa shape index (κ2) is 10.9. The molecule has 3 aliphatic rings. The normalized spacial score (nSPS) is 53.5. The number of nitrogens with two attached hydrogens (primary N) is 3. The zero-order chi connectivity index (χ0) is 25.5. The van der Waals surface area contributed by atoms with Crippen LogP contribution in [0, 0.1) is 5.92 Å². The van der Waals surface area contributed by atoms with Crippen LogP contribution in [0.1, 0.15) is 39.5 Å². The molecule has 0 aromatic carbocycles. The lowest BCUT2D eigenvalue weighted by Gasteiger charge is -2.49. The molecule has 1 aliphatic heterocycles. The molecule has 0 amide bonds. The van der Waals surface area contributed by atoms with Crippen LogP contribution in [0.15, 0.2) is 0 Å². The lowest BCUT2D eigenvalue weighted by Crippen LogP contribution is -2.67. The Morgan fingerprint density at radius 3 is 2.29 bits per heavy atom. The first-order valence-corrected chi connectivity index (χ1v) is 12.2. The van der Waals surface area contributed by atoms with E-state index in [4.69, 9.17) is 26.7 Å². The van der Waals surface area contributed by atoms with Crippen molar-refractivity contribution in [2.24, 2.45) is 23.1 Å². The van der Waals surface area contributed by atoms with Gasteiger partial charge in [0, 0.05) is 18.0 Å². The van der Waals surface area contributed by atoms with E-state index in [0.717, 1.165) is 0 Å². The van der Waals surface area contributed by atoms with Crippen molar-refractivity contribution < 1.29 is 40.1 Å². The Morgan fingerprint density at radius 2 is 1.71 bits per heavy atom. The highest BCUT2D eigenvalue weighted by Gasteiger charge is 2.51. The molecular weight excluding hydrogens is 448 g/mol. The predicted octanol–water partition coefficient (Wildman–Crippen LogP) is -4.14. The van der Waals surface area contributed by atoms with E-state index >= 15 is 0 Å². The average molecular weight is 493 g/mol. The van der Waals surface area contributed by atoms with Gasteiger partial charge >= 0.3 is 0 Å². The summed E-state index contributed by atoms with van der Waals surface area (Å²) < 4.78 is 12.0. The van der Waals surface area contributed by atoms with E-state index in [1.54, 1.807) is 14.0 Å². The van der Waals surface area contributed by atoms with Gasteiger partial charge < -0.3 is 62.6 Å². The fraction of sp³-hybridized carbons (Fsp3) is 1.00. The number of ether oxygens (including phenoxy) is 2. The summed E-state index contributed by atoms with van der Waals surface area (Å²) in [5.74, 6) is -0.554. The highest BCUT2D eigenvalue weighted by atomic mass is 16.5. The summed E-state index contributed by atoms with van der Waals surface area (Å²) >= 11 is 0. The Hall–Kier alpha value is -0.480. The minimum Gasteiger partial charge on any atom is -0.391 e. The quantitative estimate of drug-likeness (QED) is 0.170. The summed E-state index contributed by atoms with van der Waals surface area (Å²) in [6.45, 7) is 3.10. The maximum absolute atomic E-state index is 11.2. The van der Waals surface area contributed by atoms with E-state index in [1.165, 1.54) is 6.92 Å². The summed E-state index contributed by atoms with van der Waals surface area (Å²) in [4.78, 5) is 0. The first-order valence-electron chi connectivity index (χ1n) is 12.2. The lowest BCUT2D eigenvalue weighted by molar-refractivity contribution is -0.217. The van der Waals surface area contributed by atoms with Gasteiger partial charge in [-0.05, 0) is 46.6 Å². The Kier molecular flexibility index (Phi) is 8.98. The van der Waals surface area contributed by atoms with Crippen LogP contribution in [0.3, 0.4) is 0 Å². The molecule has 2 aliphatic carbocycles. The summed E-state index contributed by atoms with van der Waals surface area (Å²) in [6.07, 6.45) is -7.82. The van der Waals surface area contributed by atoms with Crippen LogP contribution in [-0.2, 0) is 9.47 Å². The lowest BCUT2D eigenvalue weighted by atomic mass is 9.73. The molecule has 1 saturated heterocycles. The topological polar surface area (TPSA) is 230 Å². The van der Waals surface area contributed by atoms with Gasteiger partial charge in [0.1, 0.15) is 18.3 Å². The standard InChI is InChI=1S/C22H44N4O8/c1-8(27)19-18(31)17(30)14(25)13(34-19)6-9-10(23)7-11(24)20(15(9)28)33-12-4-5-22(2,32)21(26-3)16(12)29/h8-21,26-32H,4-7,23-25H2,1-3H3/t8-,9-,10+,11-,12+,13-,14+,15+,16+,17-,18+,19-,20+,21-,22+/m1/s1. The SMILES string of the molecule is CN[C@@H]1[C@@H](O)[C@@H](O[C@@H]2[C@@H](O)[C@H](C[C@H]3O[C@H]([C@@H](C)O)[C@@H](O)[C@H](O)[C@H]3N)[C@@H](N)C[C@H]2N)CC[C@]1(C)O. The Labute approximate surface area is 200 Å². The van der Waals surface area contributed by atoms with Crippen molar-refractivity contribution in [1.29, 1.82) is 0 Å². The van der Waals surface area contributed by atoms with Crippen LogP contribution >= 0.6 is 0 Å². The van der Waals surface area contributed by atoms with Crippen LogP contribution < -0.4 is 22.5 Å². The smallest absolute Gasteiger partial charge is 0.112 e. The molecule has 3 rings (SSSR count). The third-order valence-electron chi connectivity index (χ3n) is 8.08. The second-order valence-electron chi connectivity index (χ2n) is 10.7. The van der Waals surface area contributed by atoms with E-state index in [-0.39, 0.29) is 6.42 Å². The summed E-state index contributed by atoms with van der Waals surface area (Å²) in [7, 11) is 1.65. The second-order valence-corrected chi connectivity index (χ2v) is 10.7. The molecule has 1 heterocycles. The van der Waals surface area contributed by atoms with Crippen molar-refractivity contribution in [1.82, 2.24) is 5.32 Å². The largest absolute Gasteiger partial charge is 0.391 e. The van der Waals surface area contributed by atoms with Gasteiger partial charge in [0.2, 0.25) is 0 Å². The molecule has 3 fully saturated rings. The van der Waals surface area contributed by atoms with Crippen molar-refractivity contribution in [2.45, 2.75) is 124 Å². The van der Waals surface area contributed by atoms with Gasteiger partial charge in [-0.15, -0.1) is 0 Å². The fourth-order valence-electron chi connectivity index (χ4n) is 5.94. The molecule has 0 aromatic heterocycles. The third kappa shape index (κ3) is 5.43. The van der Waals surface area contributed by atoms with E-state index < -0.39 is 90.6 Å². The minimum absolute atomic E-state index is 0.157. The molecule has 0 bridgehead atoms. The first kappa shape index (κ1) is 28.1. The van der Waals surface area contributed by atoms with E-state index in [2.05, 4.69) is 5.32 Å². The molecule has 0 spiro atoms. The first-order chi connectivity index (χ1) is 15.8. The molecular formula is C22H44N4O8. The average Bonchev–Trinajstić information content (AvgIpc) is 2.75. The van der Waals surface area contributed by atoms with Crippen LogP contribution in [0.4, 0.5) is 0 Å². The molecule has 34 heavy (non-hydrogen) atoms. The minimum atomic E-state index is -1.34. The molecule has 0 aromatic rings. The van der Waals surface area contributed by atoms with Crippen molar-refractivity contribution in [3.8, 4) is 0 Å². The summed E-state index contributed by atoms with van der Waals surface area (Å²) in [5, 5.41) is 66.1. The summed E-state index contributed by atoms with van der Waals surface area (Å²) in [6, 6.07) is -2.64. The van der Waals surface area contributed by atoms with E-state index in [1.807, 2.05) is 0 Å². The van der Waals surface area contributed by atoms with Crippen molar-refractivity contribution in [2.75, 3.05) is 7.05 Å². The van der Waals surface area contributed by atoms with Gasteiger partial charge in [-0.25, -0.2) is 0 Å². The van der Waals surface area contributed by atoms with Gasteiger partial charge in [-0.3, -0.25) is 0 Å². The maximum atomic E-state index is 11.2. The molecule has 2 saturated carbocycles. The monoisotopic (exact) mass is 492 g/mol. The van der Waals surface area contributed by atoms with Gasteiger partial charge in [0.05, 0.1) is 54.3 Å². The number of likely N-dealkylation sites (N-methyl/N-ethyl adjacent to an activating group) is 1. The van der Waals surface area contributed by atoms with Crippen LogP contribution in [-0.4, -0.2) is 122 Å². The van der Waals surface area contributed by atoms with Gasteiger partial charge in [-0.1, -0.05) is 0 Å². The Bertz CT molecular complexity index is 673. The zero-order valence-corrected chi connectivity index (χ0v) is 20.1. The summed E-state index contributed by atoms with van der Waals surface area (Å²) in [5.41, 5.74) is 17.6. The number of hydrogen-bond acceptors (Lipinski definition) is 12. The van der Waals surface area contributed by atoms with E-state index in [9.17, 15) is 30.6 Å². The number of rotatable bonds is 6. The van der Waals surface area contributed by atoms with Crippen molar-refractivity contribution >= 4 is 0 Å². The van der Waals surface area contributed by atoms with Crippen molar-refractivity contribution in [3.05, 3.63) is 0 Å². The highest BCUT2D eigenvalue weighted by molar-refractivity contribution is 5.05. The van der Waals surface area contributed by atoms with Crippen LogP contribution in [0.25, 0.3) is 0 Å². The van der Waals surface area contributed by atoms with Gasteiger partial charge in [0.15, 0.2) is 0 Å². The van der Waals surface area contributed by atoms with Crippen LogP contribution in [0.5, 0.6) is 0 Å². The third-order valence-corrected chi connectivity index (χ3v) is 8.08.